The fraction of sp³-hybridized carbons (Fsp3) is 0.692. The van der Waals surface area contributed by atoms with Gasteiger partial charge in [-0.1, -0.05) is 26.0 Å². The molecule has 0 aliphatic carbocycles. The molecule has 0 saturated heterocycles. The molecular weight excluding hydrogens is 184 g/mol. The SMILES string of the molecule is C=CCN(CC=C)CC(CC)(CC)CN. The first-order chi connectivity index (χ1) is 7.17. The van der Waals surface area contributed by atoms with E-state index < -0.39 is 0 Å². The Balaban J connectivity index is 4.43. The zero-order valence-corrected chi connectivity index (χ0v) is 10.3. The number of nitrogens with two attached hydrogens (primary N) is 1. The number of nitrogens with zero attached hydrogens (tertiary/aromatic N) is 1. The summed E-state index contributed by atoms with van der Waals surface area (Å²) in [6.07, 6.45) is 6.14. The molecule has 0 heterocycles. The van der Waals surface area contributed by atoms with Crippen LogP contribution in [0.1, 0.15) is 26.7 Å². The van der Waals surface area contributed by atoms with Gasteiger partial charge in [0.2, 0.25) is 0 Å². The summed E-state index contributed by atoms with van der Waals surface area (Å²) in [7, 11) is 0. The molecule has 0 unspecified atom stereocenters. The van der Waals surface area contributed by atoms with Crippen LogP contribution in [0.15, 0.2) is 25.3 Å². The van der Waals surface area contributed by atoms with E-state index in [0.29, 0.717) is 0 Å². The zero-order chi connectivity index (χ0) is 11.7. The topological polar surface area (TPSA) is 29.3 Å². The summed E-state index contributed by atoms with van der Waals surface area (Å²) >= 11 is 0. The second-order valence-electron chi connectivity index (χ2n) is 4.18. The summed E-state index contributed by atoms with van der Waals surface area (Å²) in [6, 6.07) is 0. The van der Waals surface area contributed by atoms with Gasteiger partial charge in [-0.3, -0.25) is 4.90 Å². The van der Waals surface area contributed by atoms with Crippen molar-refractivity contribution in [3.05, 3.63) is 25.3 Å². The molecule has 0 rings (SSSR count). The van der Waals surface area contributed by atoms with Crippen LogP contribution < -0.4 is 5.73 Å². The van der Waals surface area contributed by atoms with Gasteiger partial charge in [-0.2, -0.15) is 0 Å². The van der Waals surface area contributed by atoms with Crippen molar-refractivity contribution in [2.24, 2.45) is 11.1 Å². The number of rotatable bonds is 9. The van der Waals surface area contributed by atoms with E-state index in [4.69, 9.17) is 5.73 Å². The molecule has 0 aromatic carbocycles. The van der Waals surface area contributed by atoms with E-state index in [1.54, 1.807) is 0 Å². The normalized spacial score (nSPS) is 11.7. The van der Waals surface area contributed by atoms with Crippen LogP contribution in [0, 0.1) is 5.41 Å². The van der Waals surface area contributed by atoms with Gasteiger partial charge < -0.3 is 5.73 Å². The van der Waals surface area contributed by atoms with Crippen molar-refractivity contribution in [2.45, 2.75) is 26.7 Å². The minimum atomic E-state index is 0.256. The molecule has 88 valence electrons. The molecule has 0 radical (unpaired) electrons. The third kappa shape index (κ3) is 4.63. The highest BCUT2D eigenvalue weighted by Crippen LogP contribution is 2.26. The van der Waals surface area contributed by atoms with E-state index in [-0.39, 0.29) is 5.41 Å². The van der Waals surface area contributed by atoms with Crippen molar-refractivity contribution < 1.29 is 0 Å². The molecule has 0 aliphatic rings. The maximum absolute atomic E-state index is 5.89. The van der Waals surface area contributed by atoms with Crippen LogP contribution >= 0.6 is 0 Å². The van der Waals surface area contributed by atoms with E-state index in [1.807, 2.05) is 12.2 Å². The summed E-state index contributed by atoms with van der Waals surface area (Å²) in [5, 5.41) is 0. The molecule has 0 aliphatic heterocycles. The lowest BCUT2D eigenvalue weighted by Crippen LogP contribution is -2.42. The van der Waals surface area contributed by atoms with Gasteiger partial charge >= 0.3 is 0 Å². The fourth-order valence-corrected chi connectivity index (χ4v) is 1.87. The average molecular weight is 210 g/mol. The van der Waals surface area contributed by atoms with Crippen molar-refractivity contribution in [1.29, 1.82) is 0 Å². The first kappa shape index (κ1) is 14.4. The van der Waals surface area contributed by atoms with Crippen molar-refractivity contribution >= 4 is 0 Å². The third-order valence-corrected chi connectivity index (χ3v) is 3.27. The van der Waals surface area contributed by atoms with Crippen molar-refractivity contribution in [1.82, 2.24) is 4.90 Å². The molecule has 0 fully saturated rings. The first-order valence-electron chi connectivity index (χ1n) is 5.82. The Morgan fingerprint density at radius 1 is 1.13 bits per heavy atom. The minimum absolute atomic E-state index is 0.256. The van der Waals surface area contributed by atoms with Crippen LogP contribution in [-0.4, -0.2) is 31.1 Å². The van der Waals surface area contributed by atoms with Gasteiger partial charge in [0.15, 0.2) is 0 Å². The highest BCUT2D eigenvalue weighted by molar-refractivity contribution is 4.87. The van der Waals surface area contributed by atoms with Crippen molar-refractivity contribution in [3.8, 4) is 0 Å². The van der Waals surface area contributed by atoms with Crippen molar-refractivity contribution in [3.63, 3.8) is 0 Å². The number of hydrogen-bond acceptors (Lipinski definition) is 2. The molecule has 2 N–H and O–H groups in total. The predicted octanol–water partition coefficient (Wildman–Crippen LogP) is 2.43. The van der Waals surface area contributed by atoms with Gasteiger partial charge in [0.25, 0.3) is 0 Å². The van der Waals surface area contributed by atoms with Gasteiger partial charge in [0.05, 0.1) is 0 Å². The lowest BCUT2D eigenvalue weighted by atomic mass is 9.82. The van der Waals surface area contributed by atoms with Crippen LogP contribution in [0.2, 0.25) is 0 Å². The summed E-state index contributed by atoms with van der Waals surface area (Å²) in [4.78, 5) is 2.35. The first-order valence-corrected chi connectivity index (χ1v) is 5.82. The predicted molar refractivity (Wildman–Crippen MR) is 68.9 cm³/mol. The second-order valence-corrected chi connectivity index (χ2v) is 4.18. The Kier molecular flexibility index (Phi) is 7.35. The highest BCUT2D eigenvalue weighted by atomic mass is 15.1. The molecule has 0 bridgehead atoms. The Hall–Kier alpha value is -0.600. The Morgan fingerprint density at radius 2 is 1.60 bits per heavy atom. The van der Waals surface area contributed by atoms with Gasteiger partial charge in [0, 0.05) is 19.6 Å². The van der Waals surface area contributed by atoms with Crippen molar-refractivity contribution in [2.75, 3.05) is 26.2 Å². The summed E-state index contributed by atoms with van der Waals surface area (Å²) in [6.45, 7) is 15.6. The molecule has 0 aromatic heterocycles. The van der Waals surface area contributed by atoms with Crippen LogP contribution in [0.4, 0.5) is 0 Å². The largest absolute Gasteiger partial charge is 0.330 e. The standard InChI is InChI=1S/C13H26N2/c1-5-9-15(10-6-2)12-13(7-3,8-4)11-14/h5-6H,1-2,7-12,14H2,3-4H3. The lowest BCUT2D eigenvalue weighted by molar-refractivity contribution is 0.165. The monoisotopic (exact) mass is 210 g/mol. The number of hydrogen-bond donors (Lipinski definition) is 1. The third-order valence-electron chi connectivity index (χ3n) is 3.27. The van der Waals surface area contributed by atoms with E-state index in [1.165, 1.54) is 0 Å². The fourth-order valence-electron chi connectivity index (χ4n) is 1.87. The van der Waals surface area contributed by atoms with E-state index in [0.717, 1.165) is 39.0 Å². The van der Waals surface area contributed by atoms with Crippen LogP contribution in [0.3, 0.4) is 0 Å². The van der Waals surface area contributed by atoms with Crippen LogP contribution in [0.5, 0.6) is 0 Å². The Labute approximate surface area is 94.8 Å². The molecule has 0 spiro atoms. The molecule has 2 heteroatoms. The minimum Gasteiger partial charge on any atom is -0.330 e. The molecule has 0 saturated carbocycles. The van der Waals surface area contributed by atoms with Gasteiger partial charge in [-0.05, 0) is 24.8 Å². The smallest absolute Gasteiger partial charge is 0.0164 e. The zero-order valence-electron chi connectivity index (χ0n) is 10.3. The van der Waals surface area contributed by atoms with E-state index in [2.05, 4.69) is 31.9 Å². The quantitative estimate of drug-likeness (QED) is 0.592. The maximum Gasteiger partial charge on any atom is 0.0164 e. The summed E-state index contributed by atoms with van der Waals surface area (Å²) in [5.74, 6) is 0. The molecule has 0 amide bonds. The molecule has 15 heavy (non-hydrogen) atoms. The van der Waals surface area contributed by atoms with Gasteiger partial charge in [0.1, 0.15) is 0 Å². The highest BCUT2D eigenvalue weighted by Gasteiger charge is 2.26. The van der Waals surface area contributed by atoms with Crippen LogP contribution in [-0.2, 0) is 0 Å². The average Bonchev–Trinajstić information content (AvgIpc) is 2.27. The van der Waals surface area contributed by atoms with Crippen LogP contribution in [0.25, 0.3) is 0 Å². The second kappa shape index (κ2) is 7.66. The van der Waals surface area contributed by atoms with Gasteiger partial charge in [-0.15, -0.1) is 13.2 Å². The molecule has 2 nitrogen and oxygen atoms in total. The molecule has 0 aromatic rings. The van der Waals surface area contributed by atoms with E-state index >= 15 is 0 Å². The van der Waals surface area contributed by atoms with Gasteiger partial charge in [-0.25, -0.2) is 0 Å². The summed E-state index contributed by atoms with van der Waals surface area (Å²) < 4.78 is 0. The summed E-state index contributed by atoms with van der Waals surface area (Å²) in [5.41, 5.74) is 6.15. The Morgan fingerprint density at radius 3 is 1.87 bits per heavy atom. The Bertz CT molecular complexity index is 165. The molecule has 0 atom stereocenters. The van der Waals surface area contributed by atoms with E-state index in [9.17, 15) is 0 Å². The maximum atomic E-state index is 5.89. The molecular formula is C13H26N2. The lowest BCUT2D eigenvalue weighted by Gasteiger charge is -2.35.